The Balaban J connectivity index is 1.82. The monoisotopic (exact) mass is 424 g/mol. The molecule has 0 saturated carbocycles. The average molecular weight is 425 g/mol. The van der Waals surface area contributed by atoms with Gasteiger partial charge in [-0.25, -0.2) is 4.79 Å². The first-order valence-corrected chi connectivity index (χ1v) is 9.92. The Morgan fingerprint density at radius 1 is 1.23 bits per heavy atom. The van der Waals surface area contributed by atoms with E-state index in [-0.39, 0.29) is 6.03 Å². The summed E-state index contributed by atoms with van der Waals surface area (Å²) < 4.78 is 11.0. The number of aromatic nitrogens is 2. The van der Waals surface area contributed by atoms with Gasteiger partial charge in [0.1, 0.15) is 5.75 Å². The highest BCUT2D eigenvalue weighted by Crippen LogP contribution is 2.38. The van der Waals surface area contributed by atoms with Crippen molar-refractivity contribution in [3.63, 3.8) is 0 Å². The van der Waals surface area contributed by atoms with Crippen LogP contribution in [0.1, 0.15) is 31.3 Å². The number of allylic oxidation sites excluding steroid dienone is 1. The van der Waals surface area contributed by atoms with Gasteiger partial charge in [-0.1, -0.05) is 41.0 Å². The molecule has 0 radical (unpaired) electrons. The maximum atomic E-state index is 12.7. The van der Waals surface area contributed by atoms with E-state index in [4.69, 9.17) is 20.9 Å². The van der Waals surface area contributed by atoms with Crippen molar-refractivity contribution >= 4 is 23.2 Å². The number of amides is 2. The number of ether oxygens (including phenoxy) is 1. The molecular weight excluding hydrogens is 404 g/mol. The number of rotatable bonds is 5. The summed E-state index contributed by atoms with van der Waals surface area (Å²) in [5, 5.41) is 7.77. The standard InChI is InChI=1S/C22H21ClN4O3/c1-4-27-13(2)18(19(24-22(27)28)14-7-6-10-17(12-14)29-3)21-25-20(26-30-21)15-8-5-9-16(23)11-15/h5-12,19H,4H2,1-3H3,(H,24,28). The van der Waals surface area contributed by atoms with E-state index in [0.717, 1.165) is 22.4 Å². The third-order valence-corrected chi connectivity index (χ3v) is 5.31. The summed E-state index contributed by atoms with van der Waals surface area (Å²) in [4.78, 5) is 18.9. The van der Waals surface area contributed by atoms with Gasteiger partial charge in [0.2, 0.25) is 5.82 Å². The van der Waals surface area contributed by atoms with Crippen LogP contribution in [0.3, 0.4) is 0 Å². The zero-order valence-corrected chi connectivity index (χ0v) is 17.6. The van der Waals surface area contributed by atoms with Gasteiger partial charge in [-0.05, 0) is 43.7 Å². The number of nitrogens with one attached hydrogen (secondary N) is 1. The fraction of sp³-hybridized carbons (Fsp3) is 0.227. The number of hydrogen-bond donors (Lipinski definition) is 1. The molecule has 1 aliphatic rings. The number of benzene rings is 2. The molecule has 0 aliphatic carbocycles. The molecule has 1 aromatic heterocycles. The van der Waals surface area contributed by atoms with Crippen LogP contribution < -0.4 is 10.1 Å². The smallest absolute Gasteiger partial charge is 0.322 e. The molecule has 0 spiro atoms. The Bertz CT molecular complexity index is 1120. The van der Waals surface area contributed by atoms with Gasteiger partial charge in [-0.2, -0.15) is 4.98 Å². The molecule has 2 amide bonds. The van der Waals surface area contributed by atoms with Gasteiger partial charge in [-0.15, -0.1) is 0 Å². The highest BCUT2D eigenvalue weighted by molar-refractivity contribution is 6.30. The maximum absolute atomic E-state index is 12.7. The number of methoxy groups -OCH3 is 1. The molecule has 1 atom stereocenters. The van der Waals surface area contributed by atoms with E-state index in [1.807, 2.05) is 50.2 Å². The minimum Gasteiger partial charge on any atom is -0.497 e. The second kappa shape index (κ2) is 8.20. The molecule has 8 heteroatoms. The summed E-state index contributed by atoms with van der Waals surface area (Å²) in [6.07, 6.45) is 0. The number of nitrogens with zero attached hydrogens (tertiary/aromatic N) is 3. The molecule has 2 aromatic carbocycles. The molecule has 30 heavy (non-hydrogen) atoms. The molecule has 154 valence electrons. The fourth-order valence-corrected chi connectivity index (χ4v) is 3.78. The van der Waals surface area contributed by atoms with Crippen molar-refractivity contribution in [1.29, 1.82) is 0 Å². The molecule has 7 nitrogen and oxygen atoms in total. The van der Waals surface area contributed by atoms with Crippen LogP contribution in [0.25, 0.3) is 17.0 Å². The molecule has 3 aromatic rings. The van der Waals surface area contributed by atoms with Crippen molar-refractivity contribution in [2.75, 3.05) is 13.7 Å². The molecule has 0 fully saturated rings. The molecule has 4 rings (SSSR count). The van der Waals surface area contributed by atoms with E-state index >= 15 is 0 Å². The zero-order chi connectivity index (χ0) is 21.3. The van der Waals surface area contributed by atoms with Gasteiger partial charge >= 0.3 is 6.03 Å². The molecule has 2 heterocycles. The van der Waals surface area contributed by atoms with Crippen LogP contribution in [-0.2, 0) is 0 Å². The normalized spacial score (nSPS) is 16.6. The Morgan fingerprint density at radius 3 is 2.77 bits per heavy atom. The third kappa shape index (κ3) is 3.64. The first kappa shape index (κ1) is 20.0. The van der Waals surface area contributed by atoms with E-state index in [0.29, 0.717) is 29.0 Å². The molecule has 1 unspecified atom stereocenters. The highest BCUT2D eigenvalue weighted by atomic mass is 35.5. The summed E-state index contributed by atoms with van der Waals surface area (Å²) in [6, 6.07) is 14.2. The van der Waals surface area contributed by atoms with E-state index in [2.05, 4.69) is 15.5 Å². The van der Waals surface area contributed by atoms with Gasteiger partial charge in [0.05, 0.1) is 18.7 Å². The van der Waals surface area contributed by atoms with E-state index in [1.54, 1.807) is 24.1 Å². The summed E-state index contributed by atoms with van der Waals surface area (Å²) >= 11 is 6.10. The number of carbonyl (C=O) groups is 1. The maximum Gasteiger partial charge on any atom is 0.322 e. The molecule has 1 aliphatic heterocycles. The molecule has 0 saturated heterocycles. The Hall–Kier alpha value is -3.32. The predicted octanol–water partition coefficient (Wildman–Crippen LogP) is 4.92. The topological polar surface area (TPSA) is 80.5 Å². The van der Waals surface area contributed by atoms with Crippen LogP contribution in [0, 0.1) is 0 Å². The van der Waals surface area contributed by atoms with Gasteiger partial charge in [-0.3, -0.25) is 4.90 Å². The van der Waals surface area contributed by atoms with E-state index in [9.17, 15) is 4.79 Å². The second-order valence-electron chi connectivity index (χ2n) is 6.84. The number of urea groups is 1. The Kier molecular flexibility index (Phi) is 5.46. The van der Waals surface area contributed by atoms with Crippen LogP contribution >= 0.6 is 11.6 Å². The summed E-state index contributed by atoms with van der Waals surface area (Å²) in [6.45, 7) is 4.31. The highest BCUT2D eigenvalue weighted by Gasteiger charge is 2.35. The van der Waals surface area contributed by atoms with Gasteiger partial charge in [0.25, 0.3) is 5.89 Å². The SMILES string of the molecule is CCN1C(=O)NC(c2cccc(OC)c2)C(c2nc(-c3cccc(Cl)c3)no2)=C1C. The number of halogens is 1. The number of hydrogen-bond acceptors (Lipinski definition) is 5. The first-order valence-electron chi connectivity index (χ1n) is 9.54. The first-order chi connectivity index (χ1) is 14.5. The van der Waals surface area contributed by atoms with Crippen molar-refractivity contribution in [3.8, 4) is 17.1 Å². The second-order valence-corrected chi connectivity index (χ2v) is 7.27. The summed E-state index contributed by atoms with van der Waals surface area (Å²) in [5.74, 6) is 1.47. The van der Waals surface area contributed by atoms with E-state index in [1.165, 1.54) is 0 Å². The van der Waals surface area contributed by atoms with Gasteiger partial charge in [0, 0.05) is 22.8 Å². The van der Waals surface area contributed by atoms with Crippen LogP contribution in [-0.4, -0.2) is 34.7 Å². The number of carbonyl (C=O) groups excluding carboxylic acids is 1. The lowest BCUT2D eigenvalue weighted by Gasteiger charge is -2.34. The Morgan fingerprint density at radius 2 is 2.03 bits per heavy atom. The van der Waals surface area contributed by atoms with Gasteiger partial charge < -0.3 is 14.6 Å². The van der Waals surface area contributed by atoms with Crippen LogP contribution in [0.2, 0.25) is 5.02 Å². The lowest BCUT2D eigenvalue weighted by Crippen LogP contribution is -2.45. The summed E-state index contributed by atoms with van der Waals surface area (Å²) in [7, 11) is 1.61. The third-order valence-electron chi connectivity index (χ3n) is 5.08. The largest absolute Gasteiger partial charge is 0.497 e. The van der Waals surface area contributed by atoms with Crippen molar-refractivity contribution in [2.24, 2.45) is 0 Å². The predicted molar refractivity (Wildman–Crippen MR) is 114 cm³/mol. The quantitative estimate of drug-likeness (QED) is 0.629. The minimum absolute atomic E-state index is 0.179. The van der Waals surface area contributed by atoms with Crippen molar-refractivity contribution in [1.82, 2.24) is 20.4 Å². The van der Waals surface area contributed by atoms with E-state index < -0.39 is 6.04 Å². The minimum atomic E-state index is -0.455. The van der Waals surface area contributed by atoms with Crippen molar-refractivity contribution in [2.45, 2.75) is 19.9 Å². The summed E-state index contributed by atoms with van der Waals surface area (Å²) in [5.41, 5.74) is 3.11. The zero-order valence-electron chi connectivity index (χ0n) is 16.8. The lowest BCUT2D eigenvalue weighted by atomic mass is 9.94. The molecule has 1 N–H and O–H groups in total. The lowest BCUT2D eigenvalue weighted by molar-refractivity contribution is 0.207. The van der Waals surface area contributed by atoms with Crippen molar-refractivity contribution in [3.05, 3.63) is 70.7 Å². The van der Waals surface area contributed by atoms with Gasteiger partial charge in [0.15, 0.2) is 0 Å². The average Bonchev–Trinajstić information content (AvgIpc) is 3.23. The molecular formula is C22H21ClN4O3. The van der Waals surface area contributed by atoms with Crippen LogP contribution in [0.15, 0.2) is 58.8 Å². The van der Waals surface area contributed by atoms with Crippen molar-refractivity contribution < 1.29 is 14.1 Å². The van der Waals surface area contributed by atoms with Crippen LogP contribution in [0.4, 0.5) is 4.79 Å². The Labute approximate surface area is 179 Å². The van der Waals surface area contributed by atoms with Crippen LogP contribution in [0.5, 0.6) is 5.75 Å². The molecule has 0 bridgehead atoms. The fourth-order valence-electron chi connectivity index (χ4n) is 3.59.